The van der Waals surface area contributed by atoms with Crippen LogP contribution in [0.1, 0.15) is 37.5 Å². The minimum Gasteiger partial charge on any atom is -0.368 e. The molecule has 1 unspecified atom stereocenters. The number of nitrogens with one attached hydrogen (secondary N) is 1. The Hall–Kier alpha value is -3.08. The maximum absolute atomic E-state index is 13.8. The Kier molecular flexibility index (Phi) is 6.37. The summed E-state index contributed by atoms with van der Waals surface area (Å²) in [6.45, 7) is 10.1. The Labute approximate surface area is 173 Å². The van der Waals surface area contributed by atoms with Gasteiger partial charge in [-0.2, -0.15) is 5.10 Å². The van der Waals surface area contributed by atoms with E-state index in [1.54, 1.807) is 0 Å². The largest absolute Gasteiger partial charge is 0.368 e. The van der Waals surface area contributed by atoms with Crippen molar-refractivity contribution in [2.24, 2.45) is 0 Å². The predicted molar refractivity (Wildman–Crippen MR) is 118 cm³/mol. The lowest BCUT2D eigenvalue weighted by Gasteiger charge is -2.36. The second-order valence-electron chi connectivity index (χ2n) is 7.51. The third kappa shape index (κ3) is 4.67. The molecule has 1 atom stereocenters. The molecule has 0 saturated heterocycles. The summed E-state index contributed by atoms with van der Waals surface area (Å²) in [4.78, 5) is 15.7. The summed E-state index contributed by atoms with van der Waals surface area (Å²) in [7, 11) is 0. The topological polar surface area (TPSA) is 50.2 Å². The van der Waals surface area contributed by atoms with Gasteiger partial charge in [-0.25, -0.2) is 0 Å². The second kappa shape index (κ2) is 8.95. The van der Waals surface area contributed by atoms with Crippen LogP contribution < -0.4 is 5.32 Å². The van der Waals surface area contributed by atoms with Crippen LogP contribution in [0.4, 0.5) is 5.69 Å². The molecular formula is C24H30N4O. The van der Waals surface area contributed by atoms with E-state index in [1.807, 2.05) is 78.3 Å². The Morgan fingerprint density at radius 3 is 2.38 bits per heavy atom. The van der Waals surface area contributed by atoms with Gasteiger partial charge in [0.05, 0.1) is 6.20 Å². The number of rotatable bonds is 8. The standard InChI is InChI=1S/C24H30N4O/c1-5-27(17-20-16-25-28(6-2)18-20)23(29)24(4,21-10-8-7-9-11-21)26-22-14-12-19(3)13-15-22/h7-16,18,26H,5-6,17H2,1-4H3. The lowest BCUT2D eigenvalue weighted by Crippen LogP contribution is -2.49. The molecule has 0 spiro atoms. The number of anilines is 1. The number of benzene rings is 2. The summed E-state index contributed by atoms with van der Waals surface area (Å²) in [6.07, 6.45) is 3.84. The van der Waals surface area contributed by atoms with Crippen molar-refractivity contribution in [3.05, 3.63) is 83.7 Å². The Bertz CT molecular complexity index is 933. The number of hydrogen-bond donors (Lipinski definition) is 1. The highest BCUT2D eigenvalue weighted by atomic mass is 16.2. The number of aryl methyl sites for hydroxylation is 2. The summed E-state index contributed by atoms with van der Waals surface area (Å²) in [5.74, 6) is 0.0380. The number of aromatic nitrogens is 2. The van der Waals surface area contributed by atoms with Crippen molar-refractivity contribution >= 4 is 11.6 Å². The van der Waals surface area contributed by atoms with Crippen molar-refractivity contribution in [3.8, 4) is 0 Å². The van der Waals surface area contributed by atoms with Crippen molar-refractivity contribution in [2.75, 3.05) is 11.9 Å². The molecule has 0 fully saturated rings. The van der Waals surface area contributed by atoms with E-state index in [-0.39, 0.29) is 5.91 Å². The van der Waals surface area contributed by atoms with Gasteiger partial charge in [0.1, 0.15) is 5.54 Å². The van der Waals surface area contributed by atoms with Gasteiger partial charge in [-0.15, -0.1) is 0 Å². The van der Waals surface area contributed by atoms with E-state index in [0.717, 1.165) is 23.4 Å². The van der Waals surface area contributed by atoms with Crippen LogP contribution in [0.3, 0.4) is 0 Å². The summed E-state index contributed by atoms with van der Waals surface area (Å²) in [5.41, 5.74) is 3.20. The molecule has 0 aliphatic rings. The highest BCUT2D eigenvalue weighted by Gasteiger charge is 2.38. The fraction of sp³-hybridized carbons (Fsp3) is 0.333. The lowest BCUT2D eigenvalue weighted by atomic mass is 9.89. The molecule has 1 amide bonds. The number of likely N-dealkylation sites (N-methyl/N-ethyl adjacent to an activating group) is 1. The third-order valence-corrected chi connectivity index (χ3v) is 5.28. The average molecular weight is 391 g/mol. The number of carbonyl (C=O) groups is 1. The zero-order chi connectivity index (χ0) is 20.9. The van der Waals surface area contributed by atoms with Gasteiger partial charge in [0.2, 0.25) is 0 Å². The monoisotopic (exact) mass is 390 g/mol. The van der Waals surface area contributed by atoms with E-state index >= 15 is 0 Å². The predicted octanol–water partition coefficient (Wildman–Crippen LogP) is 4.59. The Morgan fingerprint density at radius 1 is 1.10 bits per heavy atom. The first-order valence-electron chi connectivity index (χ1n) is 10.2. The van der Waals surface area contributed by atoms with E-state index in [0.29, 0.717) is 13.1 Å². The van der Waals surface area contributed by atoms with Crippen LogP contribution in [0, 0.1) is 6.92 Å². The van der Waals surface area contributed by atoms with Gasteiger partial charge in [-0.3, -0.25) is 9.48 Å². The van der Waals surface area contributed by atoms with Gasteiger partial charge in [0, 0.05) is 37.1 Å². The molecule has 0 saturated carbocycles. The first kappa shape index (κ1) is 20.6. The molecule has 5 nitrogen and oxygen atoms in total. The van der Waals surface area contributed by atoms with Gasteiger partial charge in [-0.1, -0.05) is 48.0 Å². The van der Waals surface area contributed by atoms with Crippen LogP contribution in [0.15, 0.2) is 67.0 Å². The van der Waals surface area contributed by atoms with Gasteiger partial charge in [0.15, 0.2) is 0 Å². The van der Waals surface area contributed by atoms with E-state index in [9.17, 15) is 4.79 Å². The number of carbonyl (C=O) groups excluding carboxylic acids is 1. The van der Waals surface area contributed by atoms with Gasteiger partial charge < -0.3 is 10.2 Å². The first-order chi connectivity index (χ1) is 14.0. The minimum atomic E-state index is -0.882. The highest BCUT2D eigenvalue weighted by Crippen LogP contribution is 2.29. The van der Waals surface area contributed by atoms with Crippen LogP contribution in [-0.2, 0) is 23.4 Å². The Balaban J connectivity index is 1.92. The molecule has 5 heteroatoms. The molecule has 1 aromatic heterocycles. The molecule has 1 N–H and O–H groups in total. The summed E-state index contributed by atoms with van der Waals surface area (Å²) >= 11 is 0. The van der Waals surface area contributed by atoms with Gasteiger partial charge in [-0.05, 0) is 45.4 Å². The molecule has 152 valence electrons. The van der Waals surface area contributed by atoms with Crippen molar-refractivity contribution in [2.45, 2.75) is 46.3 Å². The zero-order valence-corrected chi connectivity index (χ0v) is 17.7. The zero-order valence-electron chi connectivity index (χ0n) is 17.7. The van der Waals surface area contributed by atoms with Crippen molar-refractivity contribution in [3.63, 3.8) is 0 Å². The summed E-state index contributed by atoms with van der Waals surface area (Å²) in [5, 5.41) is 7.84. The second-order valence-corrected chi connectivity index (χ2v) is 7.51. The highest BCUT2D eigenvalue weighted by molar-refractivity contribution is 5.90. The van der Waals surface area contributed by atoms with Gasteiger partial charge >= 0.3 is 0 Å². The number of amides is 1. The summed E-state index contributed by atoms with van der Waals surface area (Å²) < 4.78 is 1.88. The van der Waals surface area contributed by atoms with E-state index in [2.05, 4.69) is 36.4 Å². The minimum absolute atomic E-state index is 0.0380. The van der Waals surface area contributed by atoms with Crippen LogP contribution in [-0.4, -0.2) is 27.1 Å². The third-order valence-electron chi connectivity index (χ3n) is 5.28. The molecule has 3 aromatic rings. The first-order valence-corrected chi connectivity index (χ1v) is 10.2. The van der Waals surface area contributed by atoms with Crippen LogP contribution in [0.2, 0.25) is 0 Å². The maximum Gasteiger partial charge on any atom is 0.252 e. The quantitative estimate of drug-likeness (QED) is 0.612. The van der Waals surface area contributed by atoms with E-state index < -0.39 is 5.54 Å². The maximum atomic E-state index is 13.8. The molecule has 0 aliphatic heterocycles. The fourth-order valence-corrected chi connectivity index (χ4v) is 3.47. The lowest BCUT2D eigenvalue weighted by molar-refractivity contribution is -0.136. The van der Waals surface area contributed by atoms with Gasteiger partial charge in [0.25, 0.3) is 5.91 Å². The smallest absolute Gasteiger partial charge is 0.252 e. The Morgan fingerprint density at radius 2 is 1.79 bits per heavy atom. The summed E-state index contributed by atoms with van der Waals surface area (Å²) in [6, 6.07) is 18.1. The van der Waals surface area contributed by atoms with E-state index in [4.69, 9.17) is 0 Å². The van der Waals surface area contributed by atoms with Crippen molar-refractivity contribution in [1.29, 1.82) is 0 Å². The van der Waals surface area contributed by atoms with Crippen LogP contribution >= 0.6 is 0 Å². The van der Waals surface area contributed by atoms with Crippen LogP contribution in [0.25, 0.3) is 0 Å². The molecular weight excluding hydrogens is 360 g/mol. The van der Waals surface area contributed by atoms with Crippen molar-refractivity contribution < 1.29 is 4.79 Å². The molecule has 0 bridgehead atoms. The van der Waals surface area contributed by atoms with E-state index in [1.165, 1.54) is 5.56 Å². The fourth-order valence-electron chi connectivity index (χ4n) is 3.47. The molecule has 0 radical (unpaired) electrons. The van der Waals surface area contributed by atoms with Crippen LogP contribution in [0.5, 0.6) is 0 Å². The SMILES string of the molecule is CCN(Cc1cnn(CC)c1)C(=O)C(C)(Nc1ccc(C)cc1)c1ccccc1. The normalized spacial score (nSPS) is 13.0. The molecule has 0 aliphatic carbocycles. The number of hydrogen-bond acceptors (Lipinski definition) is 3. The average Bonchev–Trinajstić information content (AvgIpc) is 3.21. The molecule has 29 heavy (non-hydrogen) atoms. The molecule has 3 rings (SSSR count). The molecule has 2 aromatic carbocycles. The van der Waals surface area contributed by atoms with Crippen molar-refractivity contribution in [1.82, 2.24) is 14.7 Å². The number of nitrogens with zero attached hydrogens (tertiary/aromatic N) is 3. The molecule has 1 heterocycles.